The fraction of sp³-hybridized carbons (Fsp3) is 0.176. The van der Waals surface area contributed by atoms with Crippen molar-refractivity contribution >= 4 is 33.0 Å². The number of halogens is 1. The summed E-state index contributed by atoms with van der Waals surface area (Å²) >= 11 is 7.77. The van der Waals surface area contributed by atoms with Crippen LogP contribution in [0.5, 0.6) is 5.75 Å². The highest BCUT2D eigenvalue weighted by Gasteiger charge is 2.10. The van der Waals surface area contributed by atoms with Crippen LogP contribution in [0, 0.1) is 0 Å². The maximum Gasteiger partial charge on any atom is 0.124 e. The van der Waals surface area contributed by atoms with Gasteiger partial charge in [0.05, 0.1) is 0 Å². The molecule has 0 saturated carbocycles. The van der Waals surface area contributed by atoms with Gasteiger partial charge in [0.2, 0.25) is 0 Å². The van der Waals surface area contributed by atoms with Crippen molar-refractivity contribution in [1.82, 2.24) is 0 Å². The number of thiophene rings is 1. The minimum Gasteiger partial charge on any atom is -0.489 e. The van der Waals surface area contributed by atoms with Gasteiger partial charge in [-0.05, 0) is 42.0 Å². The molecule has 0 aliphatic carbocycles. The molecule has 0 fully saturated rings. The number of hydrogen-bond acceptors (Lipinski definition) is 3. The van der Waals surface area contributed by atoms with Crippen LogP contribution in [0.1, 0.15) is 24.1 Å². The topological polar surface area (TPSA) is 35.2 Å². The van der Waals surface area contributed by atoms with Crippen LogP contribution in [0.4, 0.5) is 0 Å². The second-order valence-corrected chi connectivity index (χ2v) is 6.36. The van der Waals surface area contributed by atoms with Crippen molar-refractivity contribution in [3.63, 3.8) is 0 Å². The summed E-state index contributed by atoms with van der Waals surface area (Å²) in [7, 11) is 0. The van der Waals surface area contributed by atoms with Gasteiger partial charge >= 0.3 is 0 Å². The Morgan fingerprint density at radius 2 is 2.05 bits per heavy atom. The number of fused-ring (bicyclic) bond motifs is 1. The van der Waals surface area contributed by atoms with Gasteiger partial charge in [-0.15, -0.1) is 11.3 Å². The summed E-state index contributed by atoms with van der Waals surface area (Å²) in [4.78, 5) is 0. The Morgan fingerprint density at radius 1 is 1.24 bits per heavy atom. The van der Waals surface area contributed by atoms with Gasteiger partial charge in [0.25, 0.3) is 0 Å². The van der Waals surface area contributed by atoms with Gasteiger partial charge in [-0.3, -0.25) is 0 Å². The van der Waals surface area contributed by atoms with E-state index in [2.05, 4.69) is 23.6 Å². The summed E-state index contributed by atoms with van der Waals surface area (Å²) in [5.41, 5.74) is 8.11. The molecule has 0 spiro atoms. The molecular formula is C17H16ClNOS. The highest BCUT2D eigenvalue weighted by atomic mass is 35.5. The third-order valence-electron chi connectivity index (χ3n) is 3.41. The minimum absolute atomic E-state index is 0.113. The quantitative estimate of drug-likeness (QED) is 0.722. The van der Waals surface area contributed by atoms with Crippen molar-refractivity contribution in [2.75, 3.05) is 0 Å². The molecule has 1 heterocycles. The fourth-order valence-electron chi connectivity index (χ4n) is 2.31. The molecule has 108 valence electrons. The largest absolute Gasteiger partial charge is 0.489 e. The van der Waals surface area contributed by atoms with Gasteiger partial charge in [0, 0.05) is 26.9 Å². The van der Waals surface area contributed by atoms with Crippen LogP contribution in [-0.4, -0.2) is 0 Å². The van der Waals surface area contributed by atoms with E-state index in [1.54, 1.807) is 11.3 Å². The smallest absolute Gasteiger partial charge is 0.124 e. The molecule has 2 N–H and O–H groups in total. The van der Waals surface area contributed by atoms with Crippen molar-refractivity contribution in [3.8, 4) is 5.75 Å². The van der Waals surface area contributed by atoms with Crippen LogP contribution in [0.2, 0.25) is 5.02 Å². The van der Waals surface area contributed by atoms with Crippen LogP contribution in [-0.2, 0) is 6.61 Å². The second-order valence-electron chi connectivity index (χ2n) is 5.02. The van der Waals surface area contributed by atoms with E-state index >= 15 is 0 Å². The van der Waals surface area contributed by atoms with E-state index in [1.165, 1.54) is 15.6 Å². The first-order valence-corrected chi connectivity index (χ1v) is 8.04. The first-order valence-electron chi connectivity index (χ1n) is 6.78. The van der Waals surface area contributed by atoms with Crippen LogP contribution in [0.15, 0.2) is 47.8 Å². The zero-order valence-corrected chi connectivity index (χ0v) is 13.2. The molecule has 0 radical (unpaired) electrons. The van der Waals surface area contributed by atoms with Crippen molar-refractivity contribution in [3.05, 3.63) is 64.0 Å². The van der Waals surface area contributed by atoms with Gasteiger partial charge in [0.15, 0.2) is 0 Å². The zero-order valence-electron chi connectivity index (χ0n) is 11.7. The van der Waals surface area contributed by atoms with E-state index < -0.39 is 0 Å². The molecule has 0 saturated heterocycles. The lowest BCUT2D eigenvalue weighted by atomic mass is 10.1. The lowest BCUT2D eigenvalue weighted by Crippen LogP contribution is -2.08. The molecular weight excluding hydrogens is 302 g/mol. The summed E-state index contributed by atoms with van der Waals surface area (Å²) in [6, 6.07) is 13.8. The highest BCUT2D eigenvalue weighted by Crippen LogP contribution is 2.30. The molecule has 0 amide bonds. The molecule has 0 unspecified atom stereocenters. The third-order valence-corrected chi connectivity index (χ3v) is 4.65. The number of nitrogens with two attached hydrogens (primary N) is 1. The first kappa shape index (κ1) is 14.4. The van der Waals surface area contributed by atoms with Gasteiger partial charge in [-0.25, -0.2) is 0 Å². The highest BCUT2D eigenvalue weighted by molar-refractivity contribution is 7.17. The molecule has 3 rings (SSSR count). The Hall–Kier alpha value is -1.55. The fourth-order valence-corrected chi connectivity index (χ4v) is 3.43. The number of hydrogen-bond donors (Lipinski definition) is 1. The summed E-state index contributed by atoms with van der Waals surface area (Å²) in [5.74, 6) is 0.796. The second kappa shape index (κ2) is 6.06. The maximum absolute atomic E-state index is 6.03. The Balaban J connectivity index is 1.85. The molecule has 2 nitrogen and oxygen atoms in total. The van der Waals surface area contributed by atoms with Crippen LogP contribution in [0.3, 0.4) is 0 Å². The summed E-state index contributed by atoms with van der Waals surface area (Å²) in [6.45, 7) is 2.46. The molecule has 0 bridgehead atoms. The van der Waals surface area contributed by atoms with E-state index in [1.807, 2.05) is 31.2 Å². The van der Waals surface area contributed by atoms with E-state index in [9.17, 15) is 0 Å². The summed E-state index contributed by atoms with van der Waals surface area (Å²) in [5, 5.41) is 4.07. The Morgan fingerprint density at radius 3 is 2.86 bits per heavy atom. The monoisotopic (exact) mass is 317 g/mol. The number of rotatable bonds is 4. The lowest BCUT2D eigenvalue weighted by molar-refractivity contribution is 0.303. The van der Waals surface area contributed by atoms with Gasteiger partial charge < -0.3 is 10.5 Å². The summed E-state index contributed by atoms with van der Waals surface area (Å²) < 4.78 is 7.25. The summed E-state index contributed by atoms with van der Waals surface area (Å²) in [6.07, 6.45) is 0. The predicted molar refractivity (Wildman–Crippen MR) is 90.2 cm³/mol. The predicted octanol–water partition coefficient (Wildman–Crippen LogP) is 5.15. The zero-order chi connectivity index (χ0) is 14.8. The lowest BCUT2D eigenvalue weighted by Gasteiger charge is -2.14. The van der Waals surface area contributed by atoms with Crippen molar-refractivity contribution in [2.45, 2.75) is 19.6 Å². The molecule has 4 heteroatoms. The molecule has 21 heavy (non-hydrogen) atoms. The van der Waals surface area contributed by atoms with Crippen LogP contribution >= 0.6 is 22.9 Å². The standard InChI is InChI=1S/C17H16ClNOS/c1-11(19)15-8-13(18)6-7-16(15)20-9-12-10-21-17-5-3-2-4-14(12)17/h2-8,10-11H,9,19H2,1H3/t11-/m0/s1. The maximum atomic E-state index is 6.03. The molecule has 1 atom stereocenters. The van der Waals surface area contributed by atoms with Crippen molar-refractivity contribution in [1.29, 1.82) is 0 Å². The van der Waals surface area contributed by atoms with Crippen LogP contribution in [0.25, 0.3) is 10.1 Å². The van der Waals surface area contributed by atoms with E-state index in [4.69, 9.17) is 22.1 Å². The van der Waals surface area contributed by atoms with Crippen molar-refractivity contribution < 1.29 is 4.74 Å². The van der Waals surface area contributed by atoms with E-state index in [0.29, 0.717) is 11.6 Å². The van der Waals surface area contributed by atoms with E-state index in [-0.39, 0.29) is 6.04 Å². The first-order chi connectivity index (χ1) is 10.1. The van der Waals surface area contributed by atoms with Crippen LogP contribution < -0.4 is 10.5 Å². The average molecular weight is 318 g/mol. The van der Waals surface area contributed by atoms with Gasteiger partial charge in [-0.1, -0.05) is 29.8 Å². The Bertz CT molecular complexity index is 766. The SMILES string of the molecule is C[C@H](N)c1cc(Cl)ccc1OCc1csc2ccccc12. The Kier molecular flexibility index (Phi) is 4.15. The molecule has 0 aliphatic heterocycles. The number of ether oxygens (including phenoxy) is 1. The van der Waals surface area contributed by atoms with Gasteiger partial charge in [-0.2, -0.15) is 0 Å². The average Bonchev–Trinajstić information content (AvgIpc) is 2.89. The molecule has 1 aromatic heterocycles. The Labute approximate surface area is 133 Å². The van der Waals surface area contributed by atoms with Gasteiger partial charge in [0.1, 0.15) is 12.4 Å². The molecule has 0 aliphatic rings. The normalized spacial score (nSPS) is 12.5. The number of benzene rings is 2. The molecule has 2 aromatic carbocycles. The van der Waals surface area contributed by atoms with Crippen molar-refractivity contribution in [2.24, 2.45) is 5.73 Å². The third kappa shape index (κ3) is 3.05. The minimum atomic E-state index is -0.113. The van der Waals surface area contributed by atoms with E-state index in [0.717, 1.165) is 11.3 Å². The molecule has 3 aromatic rings.